The zero-order chi connectivity index (χ0) is 21.1. The summed E-state index contributed by atoms with van der Waals surface area (Å²) >= 11 is 1.73. The molecule has 0 radical (unpaired) electrons. The topological polar surface area (TPSA) is 42.4 Å². The molecule has 5 heteroatoms. The second kappa shape index (κ2) is 8.70. The fourth-order valence-corrected chi connectivity index (χ4v) is 4.54. The van der Waals surface area contributed by atoms with E-state index in [9.17, 15) is 4.79 Å². The van der Waals surface area contributed by atoms with Crippen LogP contribution in [-0.2, 0) is 9.63 Å². The summed E-state index contributed by atoms with van der Waals surface area (Å²) in [5.41, 5.74) is 1.73. The third kappa shape index (κ3) is 4.79. The lowest BCUT2D eigenvalue weighted by atomic mass is 9.97. The summed E-state index contributed by atoms with van der Waals surface area (Å²) in [6.45, 7) is 7.15. The van der Waals surface area contributed by atoms with Gasteiger partial charge in [0.1, 0.15) is 0 Å². The largest absolute Gasteiger partial charge is 0.367 e. The molecule has 4 nitrogen and oxygen atoms in total. The Morgan fingerprint density at radius 2 is 1.83 bits per heavy atom. The molecular formula is C25H28N2O2S. The molecule has 0 saturated carbocycles. The Labute approximate surface area is 182 Å². The highest BCUT2D eigenvalue weighted by Crippen LogP contribution is 2.31. The van der Waals surface area contributed by atoms with Crippen LogP contribution in [0.4, 0.5) is 0 Å². The van der Waals surface area contributed by atoms with Crippen LogP contribution < -0.4 is 0 Å². The third-order valence-electron chi connectivity index (χ3n) is 5.42. The molecule has 2 heterocycles. The lowest BCUT2D eigenvalue weighted by molar-refractivity contribution is -0.204. The quantitative estimate of drug-likeness (QED) is 0.508. The van der Waals surface area contributed by atoms with E-state index in [1.807, 2.05) is 20.8 Å². The van der Waals surface area contributed by atoms with Crippen LogP contribution in [0.2, 0.25) is 0 Å². The lowest BCUT2D eigenvalue weighted by Gasteiger charge is -2.31. The fraction of sp³-hybridized carbons (Fsp3) is 0.360. The van der Waals surface area contributed by atoms with Crippen molar-refractivity contribution in [3.63, 3.8) is 0 Å². The van der Waals surface area contributed by atoms with Gasteiger partial charge in [-0.25, -0.2) is 9.78 Å². The summed E-state index contributed by atoms with van der Waals surface area (Å²) in [7, 11) is 0. The smallest absolute Gasteiger partial charge is 0.330 e. The average Bonchev–Trinajstić information content (AvgIpc) is 3.21. The minimum atomic E-state index is -0.475. The van der Waals surface area contributed by atoms with E-state index >= 15 is 0 Å². The summed E-state index contributed by atoms with van der Waals surface area (Å²) < 4.78 is 0. The number of fused-ring (bicyclic) bond motifs is 1. The fourth-order valence-electron chi connectivity index (χ4n) is 3.58. The molecule has 1 aromatic heterocycles. The first kappa shape index (κ1) is 20.8. The monoisotopic (exact) mass is 420 g/mol. The third-order valence-corrected chi connectivity index (χ3v) is 6.45. The molecule has 0 amide bonds. The van der Waals surface area contributed by atoms with E-state index < -0.39 is 5.41 Å². The van der Waals surface area contributed by atoms with Crippen LogP contribution in [-0.4, -0.2) is 29.1 Å². The molecule has 1 fully saturated rings. The normalized spacial score (nSPS) is 16.4. The summed E-state index contributed by atoms with van der Waals surface area (Å²) in [4.78, 5) is 22.5. The summed E-state index contributed by atoms with van der Waals surface area (Å²) in [6.07, 6.45) is 6.16. The molecule has 1 aliphatic heterocycles. The van der Waals surface area contributed by atoms with Gasteiger partial charge in [-0.2, -0.15) is 0 Å². The molecule has 0 bridgehead atoms. The number of hydrogen-bond donors (Lipinski definition) is 0. The van der Waals surface area contributed by atoms with Crippen LogP contribution in [0.25, 0.3) is 22.9 Å². The maximum absolute atomic E-state index is 12.1. The van der Waals surface area contributed by atoms with Gasteiger partial charge in [0.15, 0.2) is 0 Å². The minimum Gasteiger partial charge on any atom is -0.367 e. The number of benzene rings is 2. The van der Waals surface area contributed by atoms with Crippen LogP contribution in [0, 0.1) is 5.41 Å². The van der Waals surface area contributed by atoms with Gasteiger partial charge in [-0.15, -0.1) is 16.4 Å². The van der Waals surface area contributed by atoms with Gasteiger partial charge < -0.3 is 4.84 Å². The predicted molar refractivity (Wildman–Crippen MR) is 124 cm³/mol. The van der Waals surface area contributed by atoms with Gasteiger partial charge in [0.25, 0.3) is 0 Å². The number of carbonyl (C=O) groups is 1. The number of nitrogens with zero attached hydrogens (tertiary/aromatic N) is 2. The standard InChI is InChI=1S/C25H28N2O2S/c1-25(2,3)24(28)29-27-15-13-20(14-16-27)23-26-21(17-30-23)12-11-19-9-6-8-18-7-4-5-10-22(18)19/h4-12,17,20H,13-16H2,1-3H3/b12-11-. The van der Waals surface area contributed by atoms with Crippen LogP contribution in [0.15, 0.2) is 47.8 Å². The predicted octanol–water partition coefficient (Wildman–Crippen LogP) is 6.15. The number of thiazole rings is 1. The molecule has 0 unspecified atom stereocenters. The van der Waals surface area contributed by atoms with Crippen molar-refractivity contribution in [3.8, 4) is 0 Å². The molecular weight excluding hydrogens is 392 g/mol. The number of hydrogen-bond acceptors (Lipinski definition) is 5. The van der Waals surface area contributed by atoms with E-state index in [4.69, 9.17) is 9.82 Å². The Morgan fingerprint density at radius 1 is 1.10 bits per heavy atom. The van der Waals surface area contributed by atoms with Crippen molar-refractivity contribution in [1.29, 1.82) is 0 Å². The molecule has 1 saturated heterocycles. The molecule has 30 heavy (non-hydrogen) atoms. The van der Waals surface area contributed by atoms with Crippen LogP contribution >= 0.6 is 11.3 Å². The van der Waals surface area contributed by atoms with E-state index in [0.717, 1.165) is 31.6 Å². The van der Waals surface area contributed by atoms with Crippen molar-refractivity contribution in [2.75, 3.05) is 13.1 Å². The minimum absolute atomic E-state index is 0.170. The van der Waals surface area contributed by atoms with Gasteiger partial charge in [-0.1, -0.05) is 48.5 Å². The van der Waals surface area contributed by atoms with Crippen LogP contribution in [0.5, 0.6) is 0 Å². The van der Waals surface area contributed by atoms with Gasteiger partial charge in [-0.05, 0) is 56.0 Å². The van der Waals surface area contributed by atoms with Gasteiger partial charge in [0.2, 0.25) is 0 Å². The summed E-state index contributed by atoms with van der Waals surface area (Å²) in [5, 5.41) is 7.61. The maximum atomic E-state index is 12.1. The van der Waals surface area contributed by atoms with Gasteiger partial charge in [0, 0.05) is 24.4 Å². The zero-order valence-electron chi connectivity index (χ0n) is 17.8. The Bertz CT molecular complexity index is 1050. The number of hydroxylamine groups is 2. The zero-order valence-corrected chi connectivity index (χ0v) is 18.6. The van der Waals surface area contributed by atoms with Crippen molar-refractivity contribution >= 4 is 40.2 Å². The molecule has 156 valence electrons. The second-order valence-corrected chi connectivity index (χ2v) is 9.73. The van der Waals surface area contributed by atoms with Gasteiger partial charge in [0.05, 0.1) is 16.1 Å². The second-order valence-electron chi connectivity index (χ2n) is 8.84. The highest BCUT2D eigenvalue weighted by atomic mass is 32.1. The number of carbonyl (C=O) groups excluding carboxylic acids is 1. The number of rotatable bonds is 4. The lowest BCUT2D eigenvalue weighted by Crippen LogP contribution is -2.38. The summed E-state index contributed by atoms with van der Waals surface area (Å²) in [5.74, 6) is 0.260. The van der Waals surface area contributed by atoms with E-state index in [1.54, 1.807) is 16.4 Å². The van der Waals surface area contributed by atoms with Gasteiger partial charge in [-0.3, -0.25) is 0 Å². The number of aromatic nitrogens is 1. The van der Waals surface area contributed by atoms with Crippen molar-refractivity contribution in [3.05, 3.63) is 64.1 Å². The maximum Gasteiger partial charge on any atom is 0.330 e. The van der Waals surface area contributed by atoms with E-state index in [1.165, 1.54) is 21.3 Å². The first-order valence-corrected chi connectivity index (χ1v) is 11.4. The number of piperidine rings is 1. The van der Waals surface area contributed by atoms with Crippen LogP contribution in [0.1, 0.15) is 55.8 Å². The molecule has 1 aliphatic rings. The van der Waals surface area contributed by atoms with Crippen LogP contribution in [0.3, 0.4) is 0 Å². The van der Waals surface area contributed by atoms with Crippen molar-refractivity contribution in [1.82, 2.24) is 10.0 Å². The summed E-state index contributed by atoms with van der Waals surface area (Å²) in [6, 6.07) is 14.8. The Morgan fingerprint density at radius 3 is 2.60 bits per heavy atom. The SMILES string of the molecule is CC(C)(C)C(=O)ON1CCC(c2nc(/C=C\c3cccc4ccccc34)cs2)CC1. The molecule has 0 spiro atoms. The Balaban J connectivity index is 1.38. The first-order chi connectivity index (χ1) is 14.4. The molecule has 4 rings (SSSR count). The van der Waals surface area contributed by atoms with Crippen molar-refractivity contribution in [2.45, 2.75) is 39.5 Å². The highest BCUT2D eigenvalue weighted by molar-refractivity contribution is 7.09. The first-order valence-electron chi connectivity index (χ1n) is 10.5. The molecule has 0 aliphatic carbocycles. The molecule has 2 aromatic carbocycles. The Kier molecular flexibility index (Phi) is 6.02. The van der Waals surface area contributed by atoms with Gasteiger partial charge >= 0.3 is 5.97 Å². The van der Waals surface area contributed by atoms with E-state index in [-0.39, 0.29) is 5.97 Å². The van der Waals surface area contributed by atoms with Crippen molar-refractivity contribution in [2.24, 2.45) is 5.41 Å². The van der Waals surface area contributed by atoms with Crippen molar-refractivity contribution < 1.29 is 9.63 Å². The van der Waals surface area contributed by atoms with E-state index in [0.29, 0.717) is 5.92 Å². The van der Waals surface area contributed by atoms with E-state index in [2.05, 4.69) is 60.0 Å². The molecule has 3 aromatic rings. The molecule has 0 atom stereocenters. The Hall–Kier alpha value is -2.50. The average molecular weight is 421 g/mol. The molecule has 0 N–H and O–H groups in total. The highest BCUT2D eigenvalue weighted by Gasteiger charge is 2.29.